The molecule has 0 bridgehead atoms. The second-order valence-corrected chi connectivity index (χ2v) is 6.36. The Morgan fingerprint density at radius 2 is 1.96 bits per heavy atom. The van der Waals surface area contributed by atoms with Crippen LogP contribution in [0.3, 0.4) is 0 Å². The predicted octanol–water partition coefficient (Wildman–Crippen LogP) is 3.99. The van der Waals surface area contributed by atoms with E-state index in [9.17, 15) is 4.79 Å². The van der Waals surface area contributed by atoms with Crippen LogP contribution in [0.1, 0.15) is 29.9 Å². The summed E-state index contributed by atoms with van der Waals surface area (Å²) >= 11 is 6.11. The Morgan fingerprint density at radius 1 is 1.17 bits per heavy atom. The van der Waals surface area contributed by atoms with Gasteiger partial charge in [0.1, 0.15) is 0 Å². The fourth-order valence-corrected chi connectivity index (χ4v) is 3.18. The maximum absolute atomic E-state index is 12.1. The van der Waals surface area contributed by atoms with Crippen molar-refractivity contribution in [3.8, 4) is 0 Å². The Hall–Kier alpha value is -1.84. The minimum Gasteiger partial charge on any atom is -0.326 e. The minimum absolute atomic E-state index is 0.0141. The number of halogens is 1. The Kier molecular flexibility index (Phi) is 5.31. The van der Waals surface area contributed by atoms with E-state index < -0.39 is 0 Å². The largest absolute Gasteiger partial charge is 0.326 e. The fraction of sp³-hybridized carbons (Fsp3) is 0.316. The van der Waals surface area contributed by atoms with Crippen LogP contribution in [0.15, 0.2) is 48.5 Å². The number of hydrogen-bond donors (Lipinski definition) is 2. The molecule has 1 fully saturated rings. The monoisotopic (exact) mass is 328 g/mol. The van der Waals surface area contributed by atoms with E-state index in [0.717, 1.165) is 29.4 Å². The van der Waals surface area contributed by atoms with E-state index in [-0.39, 0.29) is 5.91 Å². The van der Waals surface area contributed by atoms with E-state index in [1.54, 1.807) is 0 Å². The van der Waals surface area contributed by atoms with Gasteiger partial charge in [-0.05, 0) is 54.6 Å². The number of aryl methyl sites for hydroxylation is 1. The van der Waals surface area contributed by atoms with Gasteiger partial charge in [0.2, 0.25) is 5.91 Å². The quantitative estimate of drug-likeness (QED) is 0.871. The second kappa shape index (κ2) is 7.62. The van der Waals surface area contributed by atoms with Crippen LogP contribution in [-0.4, -0.2) is 19.0 Å². The van der Waals surface area contributed by atoms with Crippen molar-refractivity contribution >= 4 is 23.2 Å². The Bertz CT molecular complexity index is 663. The lowest BCUT2D eigenvalue weighted by Crippen LogP contribution is -2.12. The molecule has 0 radical (unpaired) electrons. The average Bonchev–Trinajstić information content (AvgIpc) is 3.09. The molecular formula is C19H21ClN2O. The molecule has 1 heterocycles. The molecule has 1 amide bonds. The number of amides is 1. The first-order valence-electron chi connectivity index (χ1n) is 8.06. The summed E-state index contributed by atoms with van der Waals surface area (Å²) in [6.45, 7) is 2.13. The molecule has 0 spiro atoms. The molecule has 0 aliphatic carbocycles. The van der Waals surface area contributed by atoms with Crippen LogP contribution in [0, 0.1) is 0 Å². The van der Waals surface area contributed by atoms with Crippen LogP contribution in [0.5, 0.6) is 0 Å². The van der Waals surface area contributed by atoms with Gasteiger partial charge in [0.25, 0.3) is 0 Å². The van der Waals surface area contributed by atoms with E-state index in [1.807, 2.05) is 36.4 Å². The number of carbonyl (C=O) groups excluding carboxylic acids is 1. The number of rotatable bonds is 5. The molecular weight excluding hydrogens is 308 g/mol. The summed E-state index contributed by atoms with van der Waals surface area (Å²) in [4.78, 5) is 12.1. The Morgan fingerprint density at radius 3 is 2.65 bits per heavy atom. The van der Waals surface area contributed by atoms with Gasteiger partial charge in [0.15, 0.2) is 0 Å². The van der Waals surface area contributed by atoms with Gasteiger partial charge in [-0.3, -0.25) is 4.79 Å². The van der Waals surface area contributed by atoms with Crippen LogP contribution in [0.4, 0.5) is 5.69 Å². The van der Waals surface area contributed by atoms with Gasteiger partial charge >= 0.3 is 0 Å². The molecule has 0 aromatic heterocycles. The first kappa shape index (κ1) is 16.0. The van der Waals surface area contributed by atoms with Crippen molar-refractivity contribution in [2.75, 3.05) is 18.4 Å². The van der Waals surface area contributed by atoms with Crippen molar-refractivity contribution in [1.82, 2.24) is 5.32 Å². The maximum Gasteiger partial charge on any atom is 0.224 e. The summed E-state index contributed by atoms with van der Waals surface area (Å²) < 4.78 is 0. The van der Waals surface area contributed by atoms with Crippen LogP contribution >= 0.6 is 11.6 Å². The fourth-order valence-electron chi connectivity index (χ4n) is 2.95. The van der Waals surface area contributed by atoms with Gasteiger partial charge in [-0.15, -0.1) is 0 Å². The summed E-state index contributed by atoms with van der Waals surface area (Å²) in [5.74, 6) is 0.611. The topological polar surface area (TPSA) is 41.1 Å². The number of hydrogen-bond acceptors (Lipinski definition) is 2. The van der Waals surface area contributed by atoms with E-state index >= 15 is 0 Å². The molecule has 1 unspecified atom stereocenters. The first-order chi connectivity index (χ1) is 11.2. The molecule has 2 aromatic rings. The third-order valence-corrected chi connectivity index (χ3v) is 4.67. The molecule has 1 atom stereocenters. The first-order valence-corrected chi connectivity index (χ1v) is 8.44. The van der Waals surface area contributed by atoms with Gasteiger partial charge in [-0.1, -0.05) is 41.9 Å². The molecule has 3 rings (SSSR count). The molecule has 2 N–H and O–H groups in total. The standard InChI is InChI=1S/C19H21ClN2O/c20-18-4-2-1-3-15(18)7-10-19(23)22-17-8-5-14(6-9-17)16-11-12-21-13-16/h1-6,8-9,16,21H,7,10-13H2,(H,22,23). The van der Waals surface area contributed by atoms with Crippen molar-refractivity contribution in [3.63, 3.8) is 0 Å². The lowest BCUT2D eigenvalue weighted by atomic mass is 9.98. The van der Waals surface area contributed by atoms with Crippen LogP contribution in [0.25, 0.3) is 0 Å². The molecule has 1 aliphatic rings. The van der Waals surface area contributed by atoms with Gasteiger partial charge in [-0.25, -0.2) is 0 Å². The normalized spacial score (nSPS) is 17.2. The van der Waals surface area contributed by atoms with Crippen LogP contribution < -0.4 is 10.6 Å². The zero-order chi connectivity index (χ0) is 16.1. The number of anilines is 1. The average molecular weight is 329 g/mol. The third-order valence-electron chi connectivity index (χ3n) is 4.31. The van der Waals surface area contributed by atoms with Gasteiger partial charge < -0.3 is 10.6 Å². The van der Waals surface area contributed by atoms with E-state index in [4.69, 9.17) is 11.6 Å². The highest BCUT2D eigenvalue weighted by Gasteiger charge is 2.16. The smallest absolute Gasteiger partial charge is 0.224 e. The van der Waals surface area contributed by atoms with E-state index in [2.05, 4.69) is 22.8 Å². The molecule has 1 saturated heterocycles. The molecule has 0 saturated carbocycles. The van der Waals surface area contributed by atoms with Gasteiger partial charge in [-0.2, -0.15) is 0 Å². The molecule has 1 aliphatic heterocycles. The number of carbonyl (C=O) groups is 1. The second-order valence-electron chi connectivity index (χ2n) is 5.95. The van der Waals surface area contributed by atoms with Crippen molar-refractivity contribution in [3.05, 3.63) is 64.7 Å². The van der Waals surface area contributed by atoms with Crippen LogP contribution in [0.2, 0.25) is 5.02 Å². The highest BCUT2D eigenvalue weighted by Crippen LogP contribution is 2.23. The lowest BCUT2D eigenvalue weighted by molar-refractivity contribution is -0.116. The van der Waals surface area contributed by atoms with Crippen LogP contribution in [-0.2, 0) is 11.2 Å². The lowest BCUT2D eigenvalue weighted by Gasteiger charge is -2.10. The van der Waals surface area contributed by atoms with E-state index in [1.165, 1.54) is 12.0 Å². The summed E-state index contributed by atoms with van der Waals surface area (Å²) in [7, 11) is 0. The Balaban J connectivity index is 1.52. The highest BCUT2D eigenvalue weighted by molar-refractivity contribution is 6.31. The minimum atomic E-state index is 0.0141. The molecule has 120 valence electrons. The maximum atomic E-state index is 12.1. The Labute approximate surface area is 142 Å². The molecule has 23 heavy (non-hydrogen) atoms. The summed E-state index contributed by atoms with van der Waals surface area (Å²) in [5.41, 5.74) is 3.20. The zero-order valence-corrected chi connectivity index (χ0v) is 13.8. The summed E-state index contributed by atoms with van der Waals surface area (Å²) in [6, 6.07) is 15.8. The molecule has 4 heteroatoms. The van der Waals surface area contributed by atoms with E-state index in [0.29, 0.717) is 18.8 Å². The van der Waals surface area contributed by atoms with Gasteiger partial charge in [0.05, 0.1) is 0 Å². The highest BCUT2D eigenvalue weighted by atomic mass is 35.5. The predicted molar refractivity (Wildman–Crippen MR) is 95.1 cm³/mol. The summed E-state index contributed by atoms with van der Waals surface area (Å²) in [6.07, 6.45) is 2.26. The third kappa shape index (κ3) is 4.34. The van der Waals surface area contributed by atoms with Crippen molar-refractivity contribution in [2.45, 2.75) is 25.2 Å². The van der Waals surface area contributed by atoms with Crippen molar-refractivity contribution in [1.29, 1.82) is 0 Å². The summed E-state index contributed by atoms with van der Waals surface area (Å²) in [5, 5.41) is 7.04. The molecule has 3 nitrogen and oxygen atoms in total. The van der Waals surface area contributed by atoms with Crippen molar-refractivity contribution < 1.29 is 4.79 Å². The molecule has 2 aromatic carbocycles. The zero-order valence-electron chi connectivity index (χ0n) is 13.0. The SMILES string of the molecule is O=C(CCc1ccccc1Cl)Nc1ccc(C2CCNC2)cc1. The number of benzene rings is 2. The number of nitrogens with one attached hydrogen (secondary N) is 2. The van der Waals surface area contributed by atoms with Crippen molar-refractivity contribution in [2.24, 2.45) is 0 Å². The van der Waals surface area contributed by atoms with Gasteiger partial charge in [0, 0.05) is 23.7 Å².